The predicted octanol–water partition coefficient (Wildman–Crippen LogP) is 7.68. The van der Waals surface area contributed by atoms with Crippen LogP contribution < -0.4 is 0 Å². The molecule has 1 rings (SSSR count). The molecular weight excluding hydrogens is 276 g/mol. The van der Waals surface area contributed by atoms with Crippen molar-refractivity contribution in [2.45, 2.75) is 96.8 Å². The number of hydrogen-bond donors (Lipinski definition) is 0. The summed E-state index contributed by atoms with van der Waals surface area (Å²) in [5, 5.41) is 0. The lowest BCUT2D eigenvalue weighted by atomic mass is 10.0. The summed E-state index contributed by atoms with van der Waals surface area (Å²) in [5.41, 5.74) is 1.29. The molecule has 0 nitrogen and oxygen atoms in total. The van der Waals surface area contributed by atoms with E-state index in [1.54, 1.807) is 0 Å². The highest BCUT2D eigenvalue weighted by molar-refractivity contribution is 5.15. The third-order valence-electron chi connectivity index (χ3n) is 4.50. The van der Waals surface area contributed by atoms with Crippen molar-refractivity contribution < 1.29 is 0 Å². The summed E-state index contributed by atoms with van der Waals surface area (Å²) >= 11 is 0. The monoisotopic (exact) mass is 313 g/mol. The molecule has 0 heteroatoms. The molecule has 0 atom stereocenters. The Hall–Kier alpha value is -1.04. The van der Waals surface area contributed by atoms with Crippen LogP contribution in [0.1, 0.15) is 96.0 Å². The minimum Gasteiger partial charge on any atom is -0.0882 e. The second-order valence-electron chi connectivity index (χ2n) is 6.74. The Labute approximate surface area is 145 Å². The fraction of sp³-hybridized carbons (Fsp3) is 0.652. The first kappa shape index (κ1) is 20.0. The molecule has 0 spiro atoms. The third-order valence-corrected chi connectivity index (χ3v) is 4.50. The van der Waals surface area contributed by atoms with E-state index in [2.05, 4.69) is 37.3 Å². The van der Waals surface area contributed by atoms with Crippen molar-refractivity contribution in [3.63, 3.8) is 0 Å². The first-order valence-electron chi connectivity index (χ1n) is 10.0. The maximum atomic E-state index is 3.27. The highest BCUT2D eigenvalue weighted by Gasteiger charge is 1.93. The summed E-state index contributed by atoms with van der Waals surface area (Å²) in [6.45, 7) is 2.29. The van der Waals surface area contributed by atoms with E-state index < -0.39 is 0 Å². The van der Waals surface area contributed by atoms with Crippen LogP contribution in [0.4, 0.5) is 0 Å². The van der Waals surface area contributed by atoms with Crippen LogP contribution in [0.5, 0.6) is 0 Å². The highest BCUT2D eigenvalue weighted by atomic mass is 14.0. The Morgan fingerprint density at radius 2 is 1.35 bits per heavy atom. The van der Waals surface area contributed by atoms with E-state index >= 15 is 0 Å². The van der Waals surface area contributed by atoms with Gasteiger partial charge in [-0.25, -0.2) is 0 Å². The van der Waals surface area contributed by atoms with E-state index in [1.165, 1.54) is 89.0 Å². The van der Waals surface area contributed by atoms with Gasteiger partial charge in [-0.3, -0.25) is 0 Å². The van der Waals surface area contributed by atoms with Crippen LogP contribution in [-0.4, -0.2) is 0 Å². The van der Waals surface area contributed by atoms with E-state index in [1.807, 2.05) is 12.1 Å². The summed E-state index contributed by atoms with van der Waals surface area (Å²) in [5.74, 6) is 0. The first-order valence-corrected chi connectivity index (χ1v) is 10.0. The molecule has 0 N–H and O–H groups in total. The summed E-state index contributed by atoms with van der Waals surface area (Å²) < 4.78 is 0. The number of hydrogen-bond acceptors (Lipinski definition) is 0. The van der Waals surface area contributed by atoms with E-state index in [9.17, 15) is 0 Å². The van der Waals surface area contributed by atoms with Crippen LogP contribution in [-0.2, 0) is 6.42 Å². The molecule has 0 heterocycles. The lowest BCUT2D eigenvalue weighted by Gasteiger charge is -2.02. The third kappa shape index (κ3) is 13.1. The molecule has 0 aliphatic rings. The second-order valence-corrected chi connectivity index (χ2v) is 6.74. The van der Waals surface area contributed by atoms with Crippen LogP contribution in [0.25, 0.3) is 0 Å². The fourth-order valence-corrected chi connectivity index (χ4v) is 2.99. The highest BCUT2D eigenvalue weighted by Crippen LogP contribution is 2.12. The number of rotatable bonds is 15. The normalized spacial score (nSPS) is 11.3. The molecule has 23 heavy (non-hydrogen) atoms. The van der Waals surface area contributed by atoms with Crippen molar-refractivity contribution >= 4 is 0 Å². The van der Waals surface area contributed by atoms with Gasteiger partial charge in [0.1, 0.15) is 0 Å². The molecule has 0 aliphatic carbocycles. The molecule has 0 unspecified atom stereocenters. The molecule has 0 amide bonds. The van der Waals surface area contributed by atoms with Gasteiger partial charge in [-0.2, -0.15) is 0 Å². The van der Waals surface area contributed by atoms with Crippen molar-refractivity contribution in [1.82, 2.24) is 0 Å². The number of unbranched alkanes of at least 4 members (excludes halogenated alkanes) is 12. The molecular formula is C23H37. The SMILES string of the molecule is CCCCCCCCCCCCCCC=CCc1[c]cccc1. The molecule has 0 saturated carbocycles. The van der Waals surface area contributed by atoms with Gasteiger partial charge < -0.3 is 0 Å². The predicted molar refractivity (Wildman–Crippen MR) is 104 cm³/mol. The van der Waals surface area contributed by atoms with E-state index in [4.69, 9.17) is 0 Å². The van der Waals surface area contributed by atoms with Crippen molar-refractivity contribution in [1.29, 1.82) is 0 Å². The van der Waals surface area contributed by atoms with E-state index in [0.29, 0.717) is 0 Å². The number of benzene rings is 1. The van der Waals surface area contributed by atoms with Gasteiger partial charge in [-0.1, -0.05) is 114 Å². The van der Waals surface area contributed by atoms with Crippen molar-refractivity contribution in [2.24, 2.45) is 0 Å². The molecule has 1 aromatic rings. The van der Waals surface area contributed by atoms with Crippen LogP contribution in [0.15, 0.2) is 36.4 Å². The van der Waals surface area contributed by atoms with Gasteiger partial charge in [0.2, 0.25) is 0 Å². The molecule has 0 bridgehead atoms. The van der Waals surface area contributed by atoms with Crippen molar-refractivity contribution in [3.05, 3.63) is 48.0 Å². The van der Waals surface area contributed by atoms with E-state index in [-0.39, 0.29) is 0 Å². The van der Waals surface area contributed by atoms with Gasteiger partial charge in [0.25, 0.3) is 0 Å². The Bertz CT molecular complexity index is 363. The largest absolute Gasteiger partial charge is 0.0882 e. The first-order chi connectivity index (χ1) is 11.4. The summed E-state index contributed by atoms with van der Waals surface area (Å²) in [6, 6.07) is 11.5. The summed E-state index contributed by atoms with van der Waals surface area (Å²) in [6.07, 6.45) is 24.1. The second kappa shape index (κ2) is 15.8. The Balaban J connectivity index is 1.78. The minimum absolute atomic E-state index is 1.03. The Morgan fingerprint density at radius 3 is 1.91 bits per heavy atom. The smallest absolute Gasteiger partial charge is 0.00913 e. The van der Waals surface area contributed by atoms with Crippen LogP contribution in [0.2, 0.25) is 0 Å². The molecule has 0 aliphatic heterocycles. The van der Waals surface area contributed by atoms with Crippen molar-refractivity contribution in [3.8, 4) is 0 Å². The van der Waals surface area contributed by atoms with Gasteiger partial charge in [-0.15, -0.1) is 0 Å². The van der Waals surface area contributed by atoms with Gasteiger partial charge in [0, 0.05) is 0 Å². The van der Waals surface area contributed by atoms with Crippen LogP contribution >= 0.6 is 0 Å². The zero-order valence-corrected chi connectivity index (χ0v) is 15.4. The van der Waals surface area contributed by atoms with Gasteiger partial charge in [0.15, 0.2) is 0 Å². The average molecular weight is 314 g/mol. The van der Waals surface area contributed by atoms with E-state index in [0.717, 1.165) is 6.42 Å². The zero-order valence-electron chi connectivity index (χ0n) is 15.4. The zero-order chi connectivity index (χ0) is 16.4. The Morgan fingerprint density at radius 1 is 0.739 bits per heavy atom. The van der Waals surface area contributed by atoms with Crippen molar-refractivity contribution in [2.75, 3.05) is 0 Å². The minimum atomic E-state index is 1.03. The quantitative estimate of drug-likeness (QED) is 0.230. The maximum absolute atomic E-state index is 3.27. The molecule has 1 radical (unpaired) electrons. The molecule has 0 fully saturated rings. The maximum Gasteiger partial charge on any atom is -0.00913 e. The van der Waals surface area contributed by atoms with Gasteiger partial charge in [0.05, 0.1) is 0 Å². The average Bonchev–Trinajstić information content (AvgIpc) is 2.59. The molecule has 129 valence electrons. The fourth-order valence-electron chi connectivity index (χ4n) is 2.99. The van der Waals surface area contributed by atoms with Gasteiger partial charge >= 0.3 is 0 Å². The van der Waals surface area contributed by atoms with Gasteiger partial charge in [-0.05, 0) is 30.9 Å². The number of allylic oxidation sites excluding steroid dienone is 2. The standard InChI is InChI=1S/C23H37/c1-2-3-4-5-6-7-8-9-10-11-12-13-14-15-17-20-23-21-18-16-19-22-23/h15-19,21H,2-14,20H2,1H3. The topological polar surface area (TPSA) is 0 Å². The lowest BCUT2D eigenvalue weighted by molar-refractivity contribution is 0.545. The Kier molecular flexibility index (Phi) is 13.8. The van der Waals surface area contributed by atoms with Crippen LogP contribution in [0, 0.1) is 6.07 Å². The molecule has 1 aromatic carbocycles. The summed E-state index contributed by atoms with van der Waals surface area (Å²) in [4.78, 5) is 0. The molecule has 0 aromatic heterocycles. The lowest BCUT2D eigenvalue weighted by Crippen LogP contribution is -1.82. The summed E-state index contributed by atoms with van der Waals surface area (Å²) in [7, 11) is 0. The molecule has 0 saturated heterocycles. The van der Waals surface area contributed by atoms with Crippen LogP contribution in [0.3, 0.4) is 0 Å².